The molecular weight excluding hydrogens is 301 g/mol. The molecule has 1 aromatic carbocycles. The van der Waals surface area contributed by atoms with Gasteiger partial charge in [-0.25, -0.2) is 4.39 Å². The monoisotopic (exact) mass is 304 g/mol. The van der Waals surface area contributed by atoms with E-state index in [4.69, 9.17) is 23.2 Å². The Hall–Kier alpha value is 0.460. The summed E-state index contributed by atoms with van der Waals surface area (Å²) in [7, 11) is 0. The second kappa shape index (κ2) is 3.92. The SMILES string of the molecule is Fc1cc(Cl)cc(I)c1CCl. The first kappa shape index (κ1) is 9.55. The van der Waals surface area contributed by atoms with Crippen LogP contribution in [0.25, 0.3) is 0 Å². The van der Waals surface area contributed by atoms with Crippen molar-refractivity contribution in [2.24, 2.45) is 0 Å². The van der Waals surface area contributed by atoms with Crippen molar-refractivity contribution in [1.29, 1.82) is 0 Å². The minimum absolute atomic E-state index is 0.182. The highest BCUT2D eigenvalue weighted by molar-refractivity contribution is 14.1. The normalized spacial score (nSPS) is 10.2. The fourth-order valence-electron chi connectivity index (χ4n) is 0.700. The first-order chi connectivity index (χ1) is 5.15. The van der Waals surface area contributed by atoms with Crippen molar-refractivity contribution in [3.63, 3.8) is 0 Å². The Kier molecular flexibility index (Phi) is 3.40. The molecule has 1 aromatic rings. The molecule has 0 aromatic heterocycles. The van der Waals surface area contributed by atoms with Gasteiger partial charge in [-0.3, -0.25) is 0 Å². The molecule has 0 unspecified atom stereocenters. The maximum absolute atomic E-state index is 12.9. The quantitative estimate of drug-likeness (QED) is 0.546. The van der Waals surface area contributed by atoms with E-state index in [-0.39, 0.29) is 11.7 Å². The van der Waals surface area contributed by atoms with Crippen LogP contribution in [0.2, 0.25) is 5.02 Å². The van der Waals surface area contributed by atoms with E-state index in [9.17, 15) is 4.39 Å². The van der Waals surface area contributed by atoms with Gasteiger partial charge in [0.15, 0.2) is 0 Å². The summed E-state index contributed by atoms with van der Waals surface area (Å²) in [6, 6.07) is 2.95. The average Bonchev–Trinajstić information content (AvgIpc) is 1.85. The molecule has 11 heavy (non-hydrogen) atoms. The van der Waals surface area contributed by atoms with Crippen molar-refractivity contribution in [2.75, 3.05) is 0 Å². The number of alkyl halides is 1. The Morgan fingerprint density at radius 1 is 1.45 bits per heavy atom. The zero-order valence-electron chi connectivity index (χ0n) is 5.37. The van der Waals surface area contributed by atoms with E-state index in [0.717, 1.165) is 3.57 Å². The van der Waals surface area contributed by atoms with Crippen LogP contribution in [0.1, 0.15) is 5.56 Å². The van der Waals surface area contributed by atoms with Crippen LogP contribution in [-0.2, 0) is 5.88 Å². The molecule has 0 atom stereocenters. The summed E-state index contributed by atoms with van der Waals surface area (Å²) in [5.74, 6) is -0.154. The van der Waals surface area contributed by atoms with Crippen molar-refractivity contribution in [1.82, 2.24) is 0 Å². The Balaban J connectivity index is 3.25. The number of hydrogen-bond acceptors (Lipinski definition) is 0. The molecule has 0 aliphatic rings. The molecule has 60 valence electrons. The van der Waals surface area contributed by atoms with E-state index < -0.39 is 0 Å². The molecule has 1 rings (SSSR count). The maximum atomic E-state index is 12.9. The lowest BCUT2D eigenvalue weighted by Crippen LogP contribution is -1.90. The third-order valence-electron chi connectivity index (χ3n) is 1.24. The Bertz CT molecular complexity index is 252. The maximum Gasteiger partial charge on any atom is 0.130 e. The highest BCUT2D eigenvalue weighted by atomic mass is 127. The molecule has 0 aliphatic carbocycles. The summed E-state index contributed by atoms with van der Waals surface area (Å²) in [5, 5.41) is 0.403. The molecule has 0 aliphatic heterocycles. The molecule has 0 saturated carbocycles. The highest BCUT2D eigenvalue weighted by Gasteiger charge is 2.06. The fraction of sp³-hybridized carbons (Fsp3) is 0.143. The van der Waals surface area contributed by atoms with E-state index >= 15 is 0 Å². The van der Waals surface area contributed by atoms with Crippen molar-refractivity contribution in [3.8, 4) is 0 Å². The van der Waals surface area contributed by atoms with Gasteiger partial charge in [0.1, 0.15) is 5.82 Å². The van der Waals surface area contributed by atoms with Gasteiger partial charge < -0.3 is 0 Å². The van der Waals surface area contributed by atoms with Gasteiger partial charge >= 0.3 is 0 Å². The summed E-state index contributed by atoms with van der Waals surface area (Å²) in [6.07, 6.45) is 0. The van der Waals surface area contributed by atoms with E-state index in [1.807, 2.05) is 22.6 Å². The van der Waals surface area contributed by atoms with Crippen LogP contribution in [-0.4, -0.2) is 0 Å². The Morgan fingerprint density at radius 3 is 2.55 bits per heavy atom. The molecule has 0 amide bonds. The predicted octanol–water partition coefficient (Wildman–Crippen LogP) is 3.82. The van der Waals surface area contributed by atoms with E-state index in [1.165, 1.54) is 6.07 Å². The topological polar surface area (TPSA) is 0 Å². The summed E-state index contributed by atoms with van der Waals surface area (Å²) in [5.41, 5.74) is 0.511. The second-order valence-corrected chi connectivity index (χ2v) is 3.85. The van der Waals surface area contributed by atoms with Crippen molar-refractivity contribution >= 4 is 45.8 Å². The largest absolute Gasteiger partial charge is 0.207 e. The summed E-state index contributed by atoms with van der Waals surface area (Å²) < 4.78 is 13.7. The van der Waals surface area contributed by atoms with Crippen LogP contribution >= 0.6 is 45.8 Å². The van der Waals surface area contributed by atoms with Crippen molar-refractivity contribution in [3.05, 3.63) is 32.1 Å². The molecule has 0 spiro atoms. The lowest BCUT2D eigenvalue weighted by Gasteiger charge is -2.01. The first-order valence-electron chi connectivity index (χ1n) is 2.84. The number of hydrogen-bond donors (Lipinski definition) is 0. The van der Waals surface area contributed by atoms with E-state index in [2.05, 4.69) is 0 Å². The Morgan fingerprint density at radius 2 is 2.09 bits per heavy atom. The Labute approximate surface area is 87.8 Å². The number of halogens is 4. The summed E-state index contributed by atoms with van der Waals surface area (Å²) in [4.78, 5) is 0. The molecular formula is C7H4Cl2FI. The van der Waals surface area contributed by atoms with Gasteiger partial charge in [0.2, 0.25) is 0 Å². The molecule has 0 saturated heterocycles. The van der Waals surface area contributed by atoms with Gasteiger partial charge in [-0.15, -0.1) is 11.6 Å². The molecule has 0 fully saturated rings. The second-order valence-electron chi connectivity index (χ2n) is 1.98. The van der Waals surface area contributed by atoms with Crippen LogP contribution in [0.3, 0.4) is 0 Å². The van der Waals surface area contributed by atoms with Crippen LogP contribution in [0, 0.1) is 9.39 Å². The van der Waals surface area contributed by atoms with Gasteiger partial charge in [-0.05, 0) is 34.7 Å². The number of rotatable bonds is 1. The van der Waals surface area contributed by atoms with Crippen LogP contribution < -0.4 is 0 Å². The van der Waals surface area contributed by atoms with E-state index in [1.54, 1.807) is 6.07 Å². The standard InChI is InChI=1S/C7H4Cl2FI/c8-3-5-6(10)1-4(9)2-7(5)11/h1-2H,3H2. The first-order valence-corrected chi connectivity index (χ1v) is 4.83. The third kappa shape index (κ3) is 2.20. The lowest BCUT2D eigenvalue weighted by molar-refractivity contribution is 0.615. The van der Waals surface area contributed by atoms with Gasteiger partial charge in [-0.1, -0.05) is 11.6 Å². The fourth-order valence-corrected chi connectivity index (χ4v) is 2.37. The van der Waals surface area contributed by atoms with E-state index in [0.29, 0.717) is 10.6 Å². The van der Waals surface area contributed by atoms with Gasteiger partial charge in [0, 0.05) is 14.2 Å². The van der Waals surface area contributed by atoms with Crippen LogP contribution in [0.4, 0.5) is 4.39 Å². The van der Waals surface area contributed by atoms with Crippen LogP contribution in [0.15, 0.2) is 12.1 Å². The van der Waals surface area contributed by atoms with Crippen molar-refractivity contribution < 1.29 is 4.39 Å². The molecule has 4 heteroatoms. The minimum Gasteiger partial charge on any atom is -0.207 e. The molecule has 0 nitrogen and oxygen atoms in total. The zero-order chi connectivity index (χ0) is 8.43. The molecule has 0 radical (unpaired) electrons. The van der Waals surface area contributed by atoms with Gasteiger partial charge in [-0.2, -0.15) is 0 Å². The third-order valence-corrected chi connectivity index (χ3v) is 2.69. The van der Waals surface area contributed by atoms with Gasteiger partial charge in [0.25, 0.3) is 0 Å². The molecule has 0 bridgehead atoms. The predicted molar refractivity (Wildman–Crippen MR) is 53.7 cm³/mol. The smallest absolute Gasteiger partial charge is 0.130 e. The molecule has 0 N–H and O–H groups in total. The minimum atomic E-state index is -0.336. The van der Waals surface area contributed by atoms with Crippen LogP contribution in [0.5, 0.6) is 0 Å². The highest BCUT2D eigenvalue weighted by Crippen LogP contribution is 2.22. The summed E-state index contributed by atoms with van der Waals surface area (Å²) in [6.45, 7) is 0. The van der Waals surface area contributed by atoms with Crippen molar-refractivity contribution in [2.45, 2.75) is 5.88 Å². The lowest BCUT2D eigenvalue weighted by atomic mass is 10.2. The average molecular weight is 305 g/mol. The number of benzene rings is 1. The molecule has 0 heterocycles. The zero-order valence-corrected chi connectivity index (χ0v) is 9.04. The van der Waals surface area contributed by atoms with Gasteiger partial charge in [0.05, 0.1) is 5.88 Å². The summed E-state index contributed by atoms with van der Waals surface area (Å²) >= 11 is 13.1.